The van der Waals surface area contributed by atoms with Crippen LogP contribution in [-0.4, -0.2) is 21.3 Å². The highest BCUT2D eigenvalue weighted by atomic mass is 15.3. The first kappa shape index (κ1) is 11.8. The van der Waals surface area contributed by atoms with Crippen molar-refractivity contribution in [2.24, 2.45) is 0 Å². The van der Waals surface area contributed by atoms with Crippen LogP contribution < -0.4 is 5.32 Å². The van der Waals surface area contributed by atoms with Gasteiger partial charge in [0.05, 0.1) is 11.4 Å². The van der Waals surface area contributed by atoms with Crippen LogP contribution in [0.4, 0.5) is 0 Å². The minimum absolute atomic E-state index is 0.829. The number of nitrogens with one attached hydrogen (secondary N) is 1. The van der Waals surface area contributed by atoms with E-state index in [0.717, 1.165) is 30.9 Å². The molecule has 90 valence electrons. The van der Waals surface area contributed by atoms with Crippen molar-refractivity contribution in [1.29, 1.82) is 0 Å². The first-order valence-corrected chi connectivity index (χ1v) is 5.97. The highest BCUT2D eigenvalue weighted by molar-refractivity contribution is 5.38. The van der Waals surface area contributed by atoms with E-state index in [0.29, 0.717) is 0 Å². The van der Waals surface area contributed by atoms with Gasteiger partial charge in [-0.05, 0) is 32.0 Å². The van der Waals surface area contributed by atoms with Crippen molar-refractivity contribution in [3.8, 4) is 5.69 Å². The van der Waals surface area contributed by atoms with Gasteiger partial charge in [0, 0.05) is 30.7 Å². The van der Waals surface area contributed by atoms with Crippen LogP contribution in [0.15, 0.2) is 30.7 Å². The van der Waals surface area contributed by atoms with Crippen LogP contribution in [0.5, 0.6) is 0 Å². The summed E-state index contributed by atoms with van der Waals surface area (Å²) in [5, 5.41) is 7.82. The molecule has 2 rings (SSSR count). The Morgan fingerprint density at radius 3 is 2.94 bits per heavy atom. The number of aromatic nitrogens is 3. The maximum atomic E-state index is 4.43. The molecule has 0 aliphatic rings. The van der Waals surface area contributed by atoms with Crippen LogP contribution in [-0.2, 0) is 6.54 Å². The third-order valence-corrected chi connectivity index (χ3v) is 2.59. The number of pyridine rings is 1. The van der Waals surface area contributed by atoms with Gasteiger partial charge in [0.2, 0.25) is 0 Å². The Morgan fingerprint density at radius 2 is 2.24 bits per heavy atom. The van der Waals surface area contributed by atoms with E-state index in [-0.39, 0.29) is 0 Å². The maximum absolute atomic E-state index is 4.43. The molecule has 0 aliphatic carbocycles. The SMILES string of the molecule is CCCNCc1cnccc1-n1ccc(C)n1. The van der Waals surface area contributed by atoms with Crippen LogP contribution in [0.25, 0.3) is 5.69 Å². The second-order valence-electron chi connectivity index (χ2n) is 4.08. The molecule has 17 heavy (non-hydrogen) atoms. The summed E-state index contributed by atoms with van der Waals surface area (Å²) in [6.45, 7) is 6.00. The number of aryl methyl sites for hydroxylation is 1. The summed E-state index contributed by atoms with van der Waals surface area (Å²) < 4.78 is 1.90. The fourth-order valence-electron chi connectivity index (χ4n) is 1.73. The van der Waals surface area contributed by atoms with Gasteiger partial charge in [-0.15, -0.1) is 0 Å². The van der Waals surface area contributed by atoms with Gasteiger partial charge in [0.1, 0.15) is 0 Å². The van der Waals surface area contributed by atoms with Crippen molar-refractivity contribution >= 4 is 0 Å². The Bertz CT molecular complexity index is 476. The number of hydrogen-bond donors (Lipinski definition) is 1. The van der Waals surface area contributed by atoms with Gasteiger partial charge in [0.25, 0.3) is 0 Å². The zero-order valence-electron chi connectivity index (χ0n) is 10.3. The molecule has 0 radical (unpaired) electrons. The highest BCUT2D eigenvalue weighted by Crippen LogP contribution is 2.12. The van der Waals surface area contributed by atoms with Gasteiger partial charge in [0.15, 0.2) is 0 Å². The van der Waals surface area contributed by atoms with Gasteiger partial charge in [-0.25, -0.2) is 4.68 Å². The number of rotatable bonds is 5. The van der Waals surface area contributed by atoms with Crippen LogP contribution in [0.1, 0.15) is 24.6 Å². The quantitative estimate of drug-likeness (QED) is 0.800. The summed E-state index contributed by atoms with van der Waals surface area (Å²) in [6, 6.07) is 4.00. The second kappa shape index (κ2) is 5.59. The average Bonchev–Trinajstić information content (AvgIpc) is 2.77. The van der Waals surface area contributed by atoms with Crippen LogP contribution in [0.2, 0.25) is 0 Å². The molecule has 0 saturated carbocycles. The maximum Gasteiger partial charge on any atom is 0.0721 e. The molecule has 2 aromatic rings. The van der Waals surface area contributed by atoms with Gasteiger partial charge in [-0.1, -0.05) is 6.92 Å². The van der Waals surface area contributed by atoms with E-state index in [2.05, 4.69) is 22.3 Å². The molecule has 2 aromatic heterocycles. The van der Waals surface area contributed by atoms with E-state index in [1.807, 2.05) is 36.1 Å². The lowest BCUT2D eigenvalue weighted by atomic mass is 10.2. The van der Waals surface area contributed by atoms with E-state index < -0.39 is 0 Å². The van der Waals surface area contributed by atoms with E-state index in [1.165, 1.54) is 5.56 Å². The standard InChI is InChI=1S/C13H18N4/c1-3-6-14-9-12-10-15-7-4-13(12)17-8-5-11(2)16-17/h4-5,7-8,10,14H,3,6,9H2,1-2H3. The molecule has 0 aromatic carbocycles. The van der Waals surface area contributed by atoms with Gasteiger partial charge in [-0.3, -0.25) is 4.98 Å². The largest absolute Gasteiger partial charge is 0.313 e. The summed E-state index contributed by atoms with van der Waals surface area (Å²) in [4.78, 5) is 4.18. The van der Waals surface area contributed by atoms with Crippen LogP contribution in [0.3, 0.4) is 0 Å². The lowest BCUT2D eigenvalue weighted by molar-refractivity contribution is 0.668. The first-order valence-electron chi connectivity index (χ1n) is 5.97. The normalized spacial score (nSPS) is 10.7. The molecular formula is C13H18N4. The summed E-state index contributed by atoms with van der Waals surface area (Å²) in [5.74, 6) is 0. The summed E-state index contributed by atoms with van der Waals surface area (Å²) >= 11 is 0. The van der Waals surface area contributed by atoms with E-state index in [1.54, 1.807) is 6.20 Å². The Balaban J connectivity index is 2.21. The zero-order valence-corrected chi connectivity index (χ0v) is 10.3. The average molecular weight is 230 g/mol. The highest BCUT2D eigenvalue weighted by Gasteiger charge is 2.04. The molecule has 4 heteroatoms. The third kappa shape index (κ3) is 2.91. The van der Waals surface area contributed by atoms with Crippen molar-refractivity contribution in [2.45, 2.75) is 26.8 Å². The van der Waals surface area contributed by atoms with Crippen LogP contribution >= 0.6 is 0 Å². The Morgan fingerprint density at radius 1 is 1.35 bits per heavy atom. The van der Waals surface area contributed by atoms with Crippen LogP contribution in [0, 0.1) is 6.92 Å². The van der Waals surface area contributed by atoms with E-state index in [9.17, 15) is 0 Å². The third-order valence-electron chi connectivity index (χ3n) is 2.59. The molecule has 2 heterocycles. The predicted molar refractivity (Wildman–Crippen MR) is 68.1 cm³/mol. The first-order chi connectivity index (χ1) is 8.31. The van der Waals surface area contributed by atoms with E-state index in [4.69, 9.17) is 0 Å². The topological polar surface area (TPSA) is 42.7 Å². The van der Waals surface area contributed by atoms with Crippen molar-refractivity contribution in [3.63, 3.8) is 0 Å². The summed E-state index contributed by atoms with van der Waals surface area (Å²) in [7, 11) is 0. The monoisotopic (exact) mass is 230 g/mol. The fourth-order valence-corrected chi connectivity index (χ4v) is 1.73. The molecule has 0 amide bonds. The molecule has 0 spiro atoms. The minimum Gasteiger partial charge on any atom is -0.313 e. The lowest BCUT2D eigenvalue weighted by Gasteiger charge is -2.09. The summed E-state index contributed by atoms with van der Waals surface area (Å²) in [5.41, 5.74) is 3.29. The lowest BCUT2D eigenvalue weighted by Crippen LogP contribution is -2.16. The Hall–Kier alpha value is -1.68. The Labute approximate surface area is 102 Å². The van der Waals surface area contributed by atoms with Crippen molar-refractivity contribution in [1.82, 2.24) is 20.1 Å². The molecule has 4 nitrogen and oxygen atoms in total. The molecule has 0 unspecified atom stereocenters. The zero-order chi connectivity index (χ0) is 12.1. The molecule has 1 N–H and O–H groups in total. The van der Waals surface area contributed by atoms with Gasteiger partial charge >= 0.3 is 0 Å². The minimum atomic E-state index is 0.829. The van der Waals surface area contributed by atoms with E-state index >= 15 is 0 Å². The van der Waals surface area contributed by atoms with Crippen molar-refractivity contribution < 1.29 is 0 Å². The van der Waals surface area contributed by atoms with Crippen molar-refractivity contribution in [2.75, 3.05) is 6.54 Å². The number of nitrogens with zero attached hydrogens (tertiary/aromatic N) is 3. The Kier molecular flexibility index (Phi) is 3.88. The fraction of sp³-hybridized carbons (Fsp3) is 0.385. The molecule has 0 saturated heterocycles. The number of hydrogen-bond acceptors (Lipinski definition) is 3. The molecular weight excluding hydrogens is 212 g/mol. The van der Waals surface area contributed by atoms with Gasteiger partial charge < -0.3 is 5.32 Å². The van der Waals surface area contributed by atoms with Crippen molar-refractivity contribution in [3.05, 3.63) is 42.0 Å². The molecule has 0 aliphatic heterocycles. The predicted octanol–water partition coefficient (Wildman–Crippen LogP) is 2.08. The second-order valence-corrected chi connectivity index (χ2v) is 4.08. The molecule has 0 atom stereocenters. The smallest absolute Gasteiger partial charge is 0.0721 e. The summed E-state index contributed by atoms with van der Waals surface area (Å²) in [6.07, 6.45) is 6.81. The molecule has 0 fully saturated rings. The molecule has 0 bridgehead atoms. The van der Waals surface area contributed by atoms with Gasteiger partial charge in [-0.2, -0.15) is 5.10 Å².